The van der Waals surface area contributed by atoms with Crippen molar-refractivity contribution in [3.05, 3.63) is 71.0 Å². The summed E-state index contributed by atoms with van der Waals surface area (Å²) in [6.45, 7) is 4.37. The quantitative estimate of drug-likeness (QED) is 0.842. The van der Waals surface area contributed by atoms with Crippen molar-refractivity contribution in [2.75, 3.05) is 0 Å². The molecule has 106 valence electrons. The molecule has 0 aliphatic carbocycles. The summed E-state index contributed by atoms with van der Waals surface area (Å²) in [6.07, 6.45) is 1.06. The number of rotatable bonds is 5. The molecule has 2 heteroatoms. The lowest BCUT2D eigenvalue weighted by Gasteiger charge is -2.14. The van der Waals surface area contributed by atoms with E-state index in [1.165, 1.54) is 17.7 Å². The van der Waals surface area contributed by atoms with Gasteiger partial charge in [-0.1, -0.05) is 50.2 Å². The third kappa shape index (κ3) is 3.67. The molecule has 2 atom stereocenters. The Kier molecular flexibility index (Phi) is 4.91. The molecule has 0 spiro atoms. The minimum atomic E-state index is -0.550. The van der Waals surface area contributed by atoms with Gasteiger partial charge in [0.15, 0.2) is 0 Å². The van der Waals surface area contributed by atoms with Crippen molar-refractivity contribution in [3.63, 3.8) is 0 Å². The molecule has 0 aliphatic rings. The van der Waals surface area contributed by atoms with Crippen LogP contribution in [0.25, 0.3) is 0 Å². The summed E-state index contributed by atoms with van der Waals surface area (Å²) < 4.78 is 12.8. The van der Waals surface area contributed by atoms with Gasteiger partial charge in [0.25, 0.3) is 0 Å². The maximum Gasteiger partial charge on any atom is 0.123 e. The van der Waals surface area contributed by atoms with Crippen molar-refractivity contribution in [2.24, 2.45) is 0 Å². The fourth-order valence-electron chi connectivity index (χ4n) is 2.24. The highest BCUT2D eigenvalue weighted by molar-refractivity contribution is 5.28. The maximum atomic E-state index is 12.8. The second-order valence-electron chi connectivity index (χ2n) is 5.32. The number of benzene rings is 2. The Labute approximate surface area is 120 Å². The number of hydrogen-bond donors (Lipinski definition) is 1. The molecule has 2 aromatic carbocycles. The van der Waals surface area contributed by atoms with Crippen LogP contribution >= 0.6 is 0 Å². The zero-order valence-electron chi connectivity index (χ0n) is 12.0. The Balaban J connectivity index is 2.05. The standard InChI is InChI=1S/C18H21FO/c1-3-13(2)15-6-8-16(9-7-15)18(20)12-14-4-10-17(19)11-5-14/h4-11,13,18,20H,3,12H2,1-2H3. The zero-order valence-corrected chi connectivity index (χ0v) is 12.0. The van der Waals surface area contributed by atoms with E-state index in [0.29, 0.717) is 12.3 Å². The molecule has 0 radical (unpaired) electrons. The number of aliphatic hydroxyl groups excluding tert-OH is 1. The van der Waals surface area contributed by atoms with Crippen molar-refractivity contribution in [3.8, 4) is 0 Å². The molecule has 2 unspecified atom stereocenters. The largest absolute Gasteiger partial charge is 0.388 e. The molecule has 1 N–H and O–H groups in total. The lowest BCUT2D eigenvalue weighted by atomic mass is 9.95. The van der Waals surface area contributed by atoms with Crippen molar-refractivity contribution >= 4 is 0 Å². The second kappa shape index (κ2) is 6.67. The SMILES string of the molecule is CCC(C)c1ccc(C(O)Cc2ccc(F)cc2)cc1. The van der Waals surface area contributed by atoms with E-state index in [0.717, 1.165) is 17.5 Å². The highest BCUT2D eigenvalue weighted by Gasteiger charge is 2.10. The van der Waals surface area contributed by atoms with Crippen molar-refractivity contribution < 1.29 is 9.50 Å². The van der Waals surface area contributed by atoms with Gasteiger partial charge in [0, 0.05) is 6.42 Å². The van der Waals surface area contributed by atoms with E-state index < -0.39 is 6.10 Å². The molecule has 2 aromatic rings. The van der Waals surface area contributed by atoms with Crippen molar-refractivity contribution in [2.45, 2.75) is 38.7 Å². The third-order valence-corrected chi connectivity index (χ3v) is 3.84. The second-order valence-corrected chi connectivity index (χ2v) is 5.32. The molecular formula is C18H21FO. The first-order chi connectivity index (χ1) is 9.60. The van der Waals surface area contributed by atoms with Crippen LogP contribution in [0, 0.1) is 5.82 Å². The summed E-state index contributed by atoms with van der Waals surface area (Å²) in [5.74, 6) is 0.291. The van der Waals surface area contributed by atoms with Crippen LogP contribution in [0.4, 0.5) is 4.39 Å². The molecular weight excluding hydrogens is 251 g/mol. The highest BCUT2D eigenvalue weighted by atomic mass is 19.1. The summed E-state index contributed by atoms with van der Waals surface area (Å²) in [5.41, 5.74) is 3.14. The first-order valence-corrected chi connectivity index (χ1v) is 7.12. The van der Waals surface area contributed by atoms with Gasteiger partial charge < -0.3 is 5.11 Å². The van der Waals surface area contributed by atoms with Crippen LogP contribution in [0.2, 0.25) is 0 Å². The van der Waals surface area contributed by atoms with Crippen LogP contribution in [0.5, 0.6) is 0 Å². The molecule has 0 fully saturated rings. The molecule has 0 saturated heterocycles. The average molecular weight is 272 g/mol. The molecule has 0 bridgehead atoms. The Bertz CT molecular complexity index is 530. The predicted molar refractivity (Wildman–Crippen MR) is 80.2 cm³/mol. The molecule has 2 rings (SSSR count). The third-order valence-electron chi connectivity index (χ3n) is 3.84. The van der Waals surface area contributed by atoms with Gasteiger partial charge in [0.1, 0.15) is 5.82 Å². The molecule has 0 saturated carbocycles. The monoisotopic (exact) mass is 272 g/mol. The van der Waals surface area contributed by atoms with Gasteiger partial charge in [0.05, 0.1) is 6.10 Å². The fraction of sp³-hybridized carbons (Fsp3) is 0.333. The normalized spacial score (nSPS) is 14.0. The number of hydrogen-bond acceptors (Lipinski definition) is 1. The van der Waals surface area contributed by atoms with Gasteiger partial charge in [-0.2, -0.15) is 0 Å². The van der Waals surface area contributed by atoms with Gasteiger partial charge in [-0.15, -0.1) is 0 Å². The first kappa shape index (κ1) is 14.7. The van der Waals surface area contributed by atoms with E-state index in [9.17, 15) is 9.50 Å². The van der Waals surface area contributed by atoms with Crippen LogP contribution in [0.15, 0.2) is 48.5 Å². The maximum absolute atomic E-state index is 12.8. The lowest BCUT2D eigenvalue weighted by Crippen LogP contribution is -2.02. The molecule has 0 amide bonds. The van der Waals surface area contributed by atoms with Crippen LogP contribution < -0.4 is 0 Å². The van der Waals surface area contributed by atoms with Gasteiger partial charge >= 0.3 is 0 Å². The smallest absolute Gasteiger partial charge is 0.123 e. The average Bonchev–Trinajstić information content (AvgIpc) is 2.49. The van der Waals surface area contributed by atoms with Crippen LogP contribution in [-0.4, -0.2) is 5.11 Å². The van der Waals surface area contributed by atoms with E-state index >= 15 is 0 Å². The summed E-state index contributed by atoms with van der Waals surface area (Å²) in [5, 5.41) is 10.2. The van der Waals surface area contributed by atoms with E-state index in [1.807, 2.05) is 12.1 Å². The Morgan fingerprint density at radius 1 is 0.950 bits per heavy atom. The topological polar surface area (TPSA) is 20.2 Å². The molecule has 0 heterocycles. The zero-order chi connectivity index (χ0) is 14.5. The lowest BCUT2D eigenvalue weighted by molar-refractivity contribution is 0.178. The first-order valence-electron chi connectivity index (χ1n) is 7.12. The van der Waals surface area contributed by atoms with Crippen LogP contribution in [0.1, 0.15) is 49.0 Å². The van der Waals surface area contributed by atoms with Crippen LogP contribution in [-0.2, 0) is 6.42 Å². The molecule has 0 aromatic heterocycles. The molecule has 0 aliphatic heterocycles. The predicted octanol–water partition coefficient (Wildman–Crippen LogP) is 4.62. The minimum Gasteiger partial charge on any atom is -0.388 e. The van der Waals surface area contributed by atoms with E-state index in [-0.39, 0.29) is 5.82 Å². The van der Waals surface area contributed by atoms with Gasteiger partial charge in [-0.25, -0.2) is 4.39 Å². The highest BCUT2D eigenvalue weighted by Crippen LogP contribution is 2.23. The van der Waals surface area contributed by atoms with E-state index in [1.54, 1.807) is 12.1 Å². The Morgan fingerprint density at radius 3 is 2.05 bits per heavy atom. The fourth-order valence-corrected chi connectivity index (χ4v) is 2.24. The summed E-state index contributed by atoms with van der Waals surface area (Å²) in [6, 6.07) is 14.4. The number of halogens is 1. The van der Waals surface area contributed by atoms with Gasteiger partial charge in [-0.05, 0) is 41.2 Å². The summed E-state index contributed by atoms with van der Waals surface area (Å²) >= 11 is 0. The van der Waals surface area contributed by atoms with Crippen molar-refractivity contribution in [1.29, 1.82) is 0 Å². The minimum absolute atomic E-state index is 0.249. The van der Waals surface area contributed by atoms with E-state index in [2.05, 4.69) is 26.0 Å². The molecule has 1 nitrogen and oxygen atoms in total. The van der Waals surface area contributed by atoms with Gasteiger partial charge in [-0.3, -0.25) is 0 Å². The summed E-state index contributed by atoms with van der Waals surface area (Å²) in [4.78, 5) is 0. The van der Waals surface area contributed by atoms with E-state index in [4.69, 9.17) is 0 Å². The van der Waals surface area contributed by atoms with Gasteiger partial charge in [0.2, 0.25) is 0 Å². The Hall–Kier alpha value is -1.67. The Morgan fingerprint density at radius 2 is 1.50 bits per heavy atom. The summed E-state index contributed by atoms with van der Waals surface area (Å²) in [7, 11) is 0. The number of aliphatic hydroxyl groups is 1. The van der Waals surface area contributed by atoms with Crippen LogP contribution in [0.3, 0.4) is 0 Å². The molecule has 20 heavy (non-hydrogen) atoms. The van der Waals surface area contributed by atoms with Crippen molar-refractivity contribution in [1.82, 2.24) is 0 Å².